The van der Waals surface area contributed by atoms with Crippen molar-refractivity contribution in [3.8, 4) is 0 Å². The van der Waals surface area contributed by atoms with Gasteiger partial charge < -0.3 is 10.0 Å². The number of carbonyl (C=O) groups excluding carboxylic acids is 1. The molecule has 0 bridgehead atoms. The van der Waals surface area contributed by atoms with E-state index in [-0.39, 0.29) is 11.2 Å². The molecule has 0 spiro atoms. The third kappa shape index (κ3) is 2.21. The van der Waals surface area contributed by atoms with Gasteiger partial charge in [0.25, 0.3) is 0 Å². The first-order valence-electron chi connectivity index (χ1n) is 4.88. The lowest BCUT2D eigenvalue weighted by Crippen LogP contribution is -2.31. The minimum Gasteiger partial charge on any atom is -0.423 e. The number of amides is 1. The van der Waals surface area contributed by atoms with Crippen molar-refractivity contribution in [1.29, 1.82) is 0 Å². The summed E-state index contributed by atoms with van der Waals surface area (Å²) in [5.74, 6) is 0.510. The van der Waals surface area contributed by atoms with Gasteiger partial charge >= 0.3 is 7.12 Å². The van der Waals surface area contributed by atoms with Crippen LogP contribution in [0.1, 0.15) is 6.42 Å². The second kappa shape index (κ2) is 4.44. The second-order valence-corrected chi connectivity index (χ2v) is 4.42. The molecule has 1 aromatic heterocycles. The van der Waals surface area contributed by atoms with E-state index in [4.69, 9.17) is 10.0 Å². The van der Waals surface area contributed by atoms with Crippen LogP contribution in [0.3, 0.4) is 0 Å². The van der Waals surface area contributed by atoms with E-state index in [0.717, 1.165) is 0 Å². The Morgan fingerprint density at radius 2 is 2.25 bits per heavy atom. The van der Waals surface area contributed by atoms with Crippen LogP contribution < -0.4 is 10.4 Å². The van der Waals surface area contributed by atoms with E-state index < -0.39 is 7.12 Å². The Morgan fingerprint density at radius 1 is 1.50 bits per heavy atom. The molecule has 2 rings (SSSR count). The monoisotopic (exact) mass is 238 g/mol. The van der Waals surface area contributed by atoms with Crippen LogP contribution in [0.2, 0.25) is 0 Å². The summed E-state index contributed by atoms with van der Waals surface area (Å²) in [6.45, 7) is 0.538. The van der Waals surface area contributed by atoms with E-state index in [2.05, 4.69) is 17.6 Å². The zero-order valence-electron chi connectivity index (χ0n) is 8.45. The van der Waals surface area contributed by atoms with Crippen LogP contribution in [0.5, 0.6) is 0 Å². The van der Waals surface area contributed by atoms with Crippen molar-refractivity contribution < 1.29 is 14.8 Å². The average molecular weight is 238 g/mol. The van der Waals surface area contributed by atoms with Crippen LogP contribution in [0.4, 0.5) is 5.82 Å². The van der Waals surface area contributed by atoms with Crippen molar-refractivity contribution in [3.63, 3.8) is 0 Å². The number of pyridine rings is 1. The lowest BCUT2D eigenvalue weighted by molar-refractivity contribution is -0.117. The van der Waals surface area contributed by atoms with Gasteiger partial charge in [-0.05, 0) is 6.07 Å². The van der Waals surface area contributed by atoms with Gasteiger partial charge in [-0.15, -0.1) is 0 Å². The molecule has 2 N–H and O–H groups in total. The van der Waals surface area contributed by atoms with Crippen LogP contribution in [-0.4, -0.2) is 39.9 Å². The third-order valence-electron chi connectivity index (χ3n) is 2.45. The molecule has 84 valence electrons. The van der Waals surface area contributed by atoms with Gasteiger partial charge in [0.1, 0.15) is 5.82 Å². The van der Waals surface area contributed by atoms with E-state index in [9.17, 15) is 4.79 Å². The molecule has 0 aliphatic carbocycles. The summed E-state index contributed by atoms with van der Waals surface area (Å²) in [5, 5.41) is 17.8. The number of hydrogen-bond acceptors (Lipinski definition) is 5. The minimum absolute atomic E-state index is 0.00945. The van der Waals surface area contributed by atoms with E-state index in [1.54, 1.807) is 11.0 Å². The van der Waals surface area contributed by atoms with Crippen molar-refractivity contribution in [3.05, 3.63) is 18.3 Å². The molecule has 1 amide bonds. The Hall–Kier alpha value is -1.05. The molecule has 7 heteroatoms. The van der Waals surface area contributed by atoms with E-state index in [1.165, 1.54) is 12.3 Å². The molecule has 0 saturated carbocycles. The maximum atomic E-state index is 11.5. The number of aromatic nitrogens is 1. The smallest absolute Gasteiger partial charge is 0.423 e. The highest BCUT2D eigenvalue weighted by atomic mass is 32.1. The fourth-order valence-corrected chi connectivity index (χ4v) is 1.94. The van der Waals surface area contributed by atoms with Gasteiger partial charge in [-0.2, -0.15) is 12.6 Å². The SMILES string of the molecule is O=C1CC(S)CN1c1ccc(B(O)O)cn1. The highest BCUT2D eigenvalue weighted by Crippen LogP contribution is 2.21. The molecule has 5 nitrogen and oxygen atoms in total. The summed E-state index contributed by atoms with van der Waals surface area (Å²) in [4.78, 5) is 17.1. The molecule has 0 radical (unpaired) electrons. The van der Waals surface area contributed by atoms with Crippen molar-refractivity contribution in [2.45, 2.75) is 11.7 Å². The largest absolute Gasteiger partial charge is 0.490 e. The standard InChI is InChI=1S/C9H11BN2O3S/c13-9-3-7(16)5-12(9)8-2-1-6(4-11-8)10(14)15/h1-2,4,7,14-16H,3,5H2. The molecule has 1 aliphatic rings. The van der Waals surface area contributed by atoms with Gasteiger partial charge in [0.05, 0.1) is 0 Å². The highest BCUT2D eigenvalue weighted by molar-refractivity contribution is 7.81. The summed E-state index contributed by atoms with van der Waals surface area (Å²) in [7, 11) is -1.53. The van der Waals surface area contributed by atoms with Crippen molar-refractivity contribution >= 4 is 36.9 Å². The van der Waals surface area contributed by atoms with Crippen molar-refractivity contribution in [1.82, 2.24) is 4.98 Å². The number of nitrogens with zero attached hydrogens (tertiary/aromatic N) is 2. The molecule has 1 aromatic rings. The molecule has 1 aliphatic heterocycles. The van der Waals surface area contributed by atoms with Crippen LogP contribution >= 0.6 is 12.6 Å². The van der Waals surface area contributed by atoms with Crippen molar-refractivity contribution in [2.75, 3.05) is 11.4 Å². The number of rotatable bonds is 2. The van der Waals surface area contributed by atoms with Crippen LogP contribution in [0.25, 0.3) is 0 Å². The predicted molar refractivity (Wildman–Crippen MR) is 63.8 cm³/mol. The lowest BCUT2D eigenvalue weighted by atomic mass is 9.82. The highest BCUT2D eigenvalue weighted by Gasteiger charge is 2.29. The Labute approximate surface area is 98.7 Å². The fourth-order valence-electron chi connectivity index (χ4n) is 1.62. The fraction of sp³-hybridized carbons (Fsp3) is 0.333. The molecular formula is C9H11BN2O3S. The first-order valence-corrected chi connectivity index (χ1v) is 5.40. The second-order valence-electron chi connectivity index (χ2n) is 3.69. The summed E-state index contributed by atoms with van der Waals surface area (Å²) < 4.78 is 0. The number of carbonyl (C=O) groups is 1. The molecule has 1 atom stereocenters. The van der Waals surface area contributed by atoms with E-state index in [0.29, 0.717) is 24.2 Å². The van der Waals surface area contributed by atoms with Gasteiger partial charge in [-0.1, -0.05) is 6.07 Å². The minimum atomic E-state index is -1.53. The summed E-state index contributed by atoms with van der Waals surface area (Å²) in [5.41, 5.74) is 0.304. The maximum absolute atomic E-state index is 11.5. The molecule has 2 heterocycles. The zero-order chi connectivity index (χ0) is 11.7. The van der Waals surface area contributed by atoms with Crippen molar-refractivity contribution in [2.24, 2.45) is 0 Å². The van der Waals surface area contributed by atoms with Gasteiger partial charge in [-0.3, -0.25) is 9.69 Å². The van der Waals surface area contributed by atoms with Gasteiger partial charge in [-0.25, -0.2) is 4.98 Å². The zero-order valence-corrected chi connectivity index (χ0v) is 9.34. The molecule has 16 heavy (non-hydrogen) atoms. The Bertz CT molecular complexity index is 398. The summed E-state index contributed by atoms with van der Waals surface area (Å²) >= 11 is 4.24. The van der Waals surface area contributed by atoms with E-state index >= 15 is 0 Å². The van der Waals surface area contributed by atoms with E-state index in [1.807, 2.05) is 0 Å². The molecular weight excluding hydrogens is 227 g/mol. The van der Waals surface area contributed by atoms with Crippen LogP contribution in [0.15, 0.2) is 18.3 Å². The molecule has 1 saturated heterocycles. The molecule has 0 aromatic carbocycles. The lowest BCUT2D eigenvalue weighted by Gasteiger charge is -2.14. The Morgan fingerprint density at radius 3 is 2.69 bits per heavy atom. The van der Waals surface area contributed by atoms with Gasteiger partial charge in [0.15, 0.2) is 0 Å². The number of thiol groups is 1. The normalized spacial score (nSPS) is 20.3. The van der Waals surface area contributed by atoms with Gasteiger partial charge in [0.2, 0.25) is 5.91 Å². The maximum Gasteiger partial charge on any atom is 0.490 e. The number of hydrogen-bond donors (Lipinski definition) is 3. The summed E-state index contributed by atoms with van der Waals surface area (Å²) in [6.07, 6.45) is 1.76. The quantitative estimate of drug-likeness (QED) is 0.447. The topological polar surface area (TPSA) is 73.7 Å². The Kier molecular flexibility index (Phi) is 3.18. The third-order valence-corrected chi connectivity index (χ3v) is 2.80. The summed E-state index contributed by atoms with van der Waals surface area (Å²) in [6, 6.07) is 3.13. The van der Waals surface area contributed by atoms with Gasteiger partial charge in [0, 0.05) is 29.9 Å². The molecule has 1 unspecified atom stereocenters. The predicted octanol–water partition coefficient (Wildman–Crippen LogP) is -1.20. The van der Waals surface area contributed by atoms with Crippen LogP contribution in [-0.2, 0) is 4.79 Å². The first-order chi connectivity index (χ1) is 7.58. The average Bonchev–Trinajstić information content (AvgIpc) is 2.58. The first kappa shape index (κ1) is 11.4. The molecule has 1 fully saturated rings. The van der Waals surface area contributed by atoms with Crippen LogP contribution in [0, 0.1) is 0 Å². The Balaban J connectivity index is 2.19. The number of anilines is 1.